The minimum atomic E-state index is 0.377. The Morgan fingerprint density at radius 1 is 1.05 bits per heavy atom. The van der Waals surface area contributed by atoms with Crippen LogP contribution >= 0.6 is 23.2 Å². The third-order valence-corrected chi connectivity index (χ3v) is 2.93. The third-order valence-electron chi connectivity index (χ3n) is 2.35. The Bertz CT molecular complexity index is 520. The average Bonchev–Trinajstić information content (AvgIpc) is 2.46. The molecule has 1 aromatic carbocycles. The standard InChI is InChI=1S/C14H13Cl2NO2/c15-9-11-8-13(16)14(17-10-11)19-7-6-18-12-4-2-1-3-5-12/h1-5,8,10H,6-7,9H2. The molecule has 0 saturated heterocycles. The molecule has 0 aliphatic heterocycles. The van der Waals surface area contributed by atoms with Gasteiger partial charge >= 0.3 is 0 Å². The topological polar surface area (TPSA) is 31.4 Å². The predicted octanol–water partition coefficient (Wildman–Crippen LogP) is 3.93. The van der Waals surface area contributed by atoms with Gasteiger partial charge in [0.1, 0.15) is 24.0 Å². The van der Waals surface area contributed by atoms with E-state index in [1.54, 1.807) is 12.3 Å². The van der Waals surface area contributed by atoms with Gasteiger partial charge in [0.2, 0.25) is 5.88 Å². The van der Waals surface area contributed by atoms with E-state index in [1.807, 2.05) is 30.3 Å². The Morgan fingerprint density at radius 2 is 1.79 bits per heavy atom. The number of pyridine rings is 1. The van der Waals surface area contributed by atoms with E-state index in [2.05, 4.69) is 4.98 Å². The predicted molar refractivity (Wildman–Crippen MR) is 76.2 cm³/mol. The summed E-state index contributed by atoms with van der Waals surface area (Å²) < 4.78 is 10.9. The van der Waals surface area contributed by atoms with Gasteiger partial charge in [-0.15, -0.1) is 11.6 Å². The van der Waals surface area contributed by atoms with Crippen molar-refractivity contribution < 1.29 is 9.47 Å². The lowest BCUT2D eigenvalue weighted by atomic mass is 10.3. The summed E-state index contributed by atoms with van der Waals surface area (Å²) in [5, 5.41) is 0.456. The Balaban J connectivity index is 1.80. The second-order valence-electron chi connectivity index (χ2n) is 3.77. The highest BCUT2D eigenvalue weighted by atomic mass is 35.5. The molecule has 0 bridgehead atoms. The van der Waals surface area contributed by atoms with Crippen LogP contribution in [0.3, 0.4) is 0 Å². The van der Waals surface area contributed by atoms with Gasteiger partial charge in [-0.3, -0.25) is 0 Å². The molecule has 2 aromatic rings. The van der Waals surface area contributed by atoms with Crippen LogP contribution in [-0.4, -0.2) is 18.2 Å². The molecule has 5 heteroatoms. The lowest BCUT2D eigenvalue weighted by Gasteiger charge is -2.09. The van der Waals surface area contributed by atoms with E-state index in [4.69, 9.17) is 32.7 Å². The number of halogens is 2. The first-order valence-corrected chi connectivity index (χ1v) is 6.72. The maximum absolute atomic E-state index is 6.02. The molecule has 0 spiro atoms. The summed E-state index contributed by atoms with van der Waals surface area (Å²) in [6.07, 6.45) is 1.65. The Kier molecular flexibility index (Phi) is 5.31. The van der Waals surface area contributed by atoms with Gasteiger partial charge in [-0.2, -0.15) is 0 Å². The number of benzene rings is 1. The first kappa shape index (κ1) is 14.0. The van der Waals surface area contributed by atoms with Crippen LogP contribution in [-0.2, 0) is 5.88 Å². The molecule has 1 heterocycles. The molecular formula is C14H13Cl2NO2. The van der Waals surface area contributed by atoms with E-state index >= 15 is 0 Å². The van der Waals surface area contributed by atoms with Crippen molar-refractivity contribution in [1.29, 1.82) is 0 Å². The van der Waals surface area contributed by atoms with Crippen LogP contribution in [0.15, 0.2) is 42.6 Å². The highest BCUT2D eigenvalue weighted by Crippen LogP contribution is 2.23. The molecule has 2 rings (SSSR count). The second kappa shape index (κ2) is 7.22. The first-order valence-electron chi connectivity index (χ1n) is 5.80. The van der Waals surface area contributed by atoms with Gasteiger partial charge in [-0.25, -0.2) is 4.98 Å². The molecule has 0 unspecified atom stereocenters. The molecule has 0 aliphatic carbocycles. The molecule has 0 N–H and O–H groups in total. The molecule has 100 valence electrons. The number of rotatable bonds is 6. The Morgan fingerprint density at radius 3 is 2.47 bits per heavy atom. The van der Waals surface area contributed by atoms with Crippen LogP contribution in [0.4, 0.5) is 0 Å². The molecule has 0 amide bonds. The van der Waals surface area contributed by atoms with Crippen molar-refractivity contribution in [2.24, 2.45) is 0 Å². The number of para-hydroxylation sites is 1. The molecular weight excluding hydrogens is 285 g/mol. The molecule has 0 fully saturated rings. The third kappa shape index (κ3) is 4.30. The van der Waals surface area contributed by atoms with Crippen molar-refractivity contribution >= 4 is 23.2 Å². The fourth-order valence-electron chi connectivity index (χ4n) is 1.46. The van der Waals surface area contributed by atoms with Gasteiger partial charge in [0.15, 0.2) is 0 Å². The number of hydrogen-bond acceptors (Lipinski definition) is 3. The van der Waals surface area contributed by atoms with Crippen LogP contribution in [0.25, 0.3) is 0 Å². The molecule has 0 radical (unpaired) electrons. The molecule has 19 heavy (non-hydrogen) atoms. The van der Waals surface area contributed by atoms with Crippen LogP contribution in [0.1, 0.15) is 5.56 Å². The Hall–Kier alpha value is -1.45. The minimum absolute atomic E-state index is 0.377. The van der Waals surface area contributed by atoms with Crippen molar-refractivity contribution in [3.63, 3.8) is 0 Å². The van der Waals surface area contributed by atoms with Crippen LogP contribution in [0.2, 0.25) is 5.02 Å². The second-order valence-corrected chi connectivity index (χ2v) is 4.45. The average molecular weight is 298 g/mol. The first-order chi connectivity index (χ1) is 9.29. The van der Waals surface area contributed by atoms with Gasteiger partial charge in [0.25, 0.3) is 0 Å². The number of ether oxygens (including phenoxy) is 2. The summed E-state index contributed by atoms with van der Waals surface area (Å²) >= 11 is 11.7. The number of alkyl halides is 1. The summed E-state index contributed by atoms with van der Waals surface area (Å²) in [5.41, 5.74) is 0.861. The monoisotopic (exact) mass is 297 g/mol. The van der Waals surface area contributed by atoms with Crippen LogP contribution < -0.4 is 9.47 Å². The van der Waals surface area contributed by atoms with E-state index in [-0.39, 0.29) is 0 Å². The summed E-state index contributed by atoms with van der Waals surface area (Å²) in [7, 11) is 0. The fourth-order valence-corrected chi connectivity index (χ4v) is 1.85. The van der Waals surface area contributed by atoms with Crippen LogP contribution in [0, 0.1) is 0 Å². The quantitative estimate of drug-likeness (QED) is 0.598. The molecule has 1 aromatic heterocycles. The molecule has 0 saturated carbocycles. The fraction of sp³-hybridized carbons (Fsp3) is 0.214. The van der Waals surface area contributed by atoms with Crippen molar-refractivity contribution in [2.45, 2.75) is 5.88 Å². The zero-order valence-electron chi connectivity index (χ0n) is 10.2. The van der Waals surface area contributed by atoms with Crippen molar-refractivity contribution in [3.8, 4) is 11.6 Å². The van der Waals surface area contributed by atoms with Crippen molar-refractivity contribution in [1.82, 2.24) is 4.98 Å². The summed E-state index contributed by atoms with van der Waals surface area (Å²) in [6.45, 7) is 0.807. The van der Waals surface area contributed by atoms with Crippen LogP contribution in [0.5, 0.6) is 11.6 Å². The van der Waals surface area contributed by atoms with Gasteiger partial charge in [0, 0.05) is 12.1 Å². The van der Waals surface area contributed by atoms with E-state index in [9.17, 15) is 0 Å². The molecule has 0 atom stereocenters. The van der Waals surface area contributed by atoms with Gasteiger partial charge in [-0.05, 0) is 23.8 Å². The van der Waals surface area contributed by atoms with Gasteiger partial charge < -0.3 is 9.47 Å². The molecule has 0 aliphatic rings. The zero-order valence-corrected chi connectivity index (χ0v) is 11.7. The van der Waals surface area contributed by atoms with E-state index in [0.717, 1.165) is 11.3 Å². The highest BCUT2D eigenvalue weighted by Gasteiger charge is 2.04. The largest absolute Gasteiger partial charge is 0.490 e. The lowest BCUT2D eigenvalue weighted by molar-refractivity contribution is 0.212. The molecule has 3 nitrogen and oxygen atoms in total. The lowest BCUT2D eigenvalue weighted by Crippen LogP contribution is -2.10. The van der Waals surface area contributed by atoms with E-state index in [0.29, 0.717) is 30.0 Å². The van der Waals surface area contributed by atoms with Crippen molar-refractivity contribution in [2.75, 3.05) is 13.2 Å². The summed E-state index contributed by atoms with van der Waals surface area (Å²) in [6, 6.07) is 11.3. The Labute approximate surface area is 122 Å². The maximum Gasteiger partial charge on any atom is 0.232 e. The number of nitrogens with zero attached hydrogens (tertiary/aromatic N) is 1. The minimum Gasteiger partial charge on any atom is -0.490 e. The number of hydrogen-bond donors (Lipinski definition) is 0. The summed E-state index contributed by atoms with van der Waals surface area (Å²) in [5.74, 6) is 1.58. The van der Waals surface area contributed by atoms with Gasteiger partial charge in [-0.1, -0.05) is 29.8 Å². The summed E-state index contributed by atoms with van der Waals surface area (Å²) in [4.78, 5) is 4.10. The highest BCUT2D eigenvalue weighted by molar-refractivity contribution is 6.32. The van der Waals surface area contributed by atoms with E-state index in [1.165, 1.54) is 0 Å². The smallest absolute Gasteiger partial charge is 0.232 e. The maximum atomic E-state index is 6.02. The van der Waals surface area contributed by atoms with Crippen molar-refractivity contribution in [3.05, 3.63) is 53.2 Å². The SMILES string of the molecule is ClCc1cnc(OCCOc2ccccc2)c(Cl)c1. The van der Waals surface area contributed by atoms with E-state index < -0.39 is 0 Å². The zero-order chi connectivity index (χ0) is 13.5. The normalized spacial score (nSPS) is 10.2. The number of aromatic nitrogens is 1. The van der Waals surface area contributed by atoms with Gasteiger partial charge in [0.05, 0.1) is 0 Å².